The highest BCUT2D eigenvalue weighted by molar-refractivity contribution is 5.95. The van der Waals surface area contributed by atoms with Crippen molar-refractivity contribution in [2.75, 3.05) is 0 Å². The first-order valence-electron chi connectivity index (χ1n) is 7.75. The third kappa shape index (κ3) is 3.38. The summed E-state index contributed by atoms with van der Waals surface area (Å²) in [5.41, 5.74) is 7.88. The molecule has 0 aliphatic heterocycles. The number of benzene rings is 2. The zero-order chi connectivity index (χ0) is 16.4. The summed E-state index contributed by atoms with van der Waals surface area (Å²) in [5.74, 6) is -0.0115. The van der Waals surface area contributed by atoms with Crippen molar-refractivity contribution < 1.29 is 4.79 Å². The second-order valence-electron chi connectivity index (χ2n) is 6.31. The van der Waals surface area contributed by atoms with Gasteiger partial charge in [-0.05, 0) is 75.4 Å². The molecule has 2 heteroatoms. The van der Waals surface area contributed by atoms with E-state index in [0.717, 1.165) is 11.1 Å². The Hall–Kier alpha value is -2.09. The summed E-state index contributed by atoms with van der Waals surface area (Å²) in [4.78, 5) is 12.5. The highest BCUT2D eigenvalue weighted by atomic mass is 16.1. The zero-order valence-electron chi connectivity index (χ0n) is 14.4. The number of rotatable bonds is 3. The first kappa shape index (κ1) is 16.3. The second-order valence-corrected chi connectivity index (χ2v) is 6.31. The third-order valence-electron chi connectivity index (χ3n) is 4.32. The van der Waals surface area contributed by atoms with Crippen LogP contribution in [0.25, 0.3) is 0 Å². The molecule has 0 heterocycles. The first-order valence-corrected chi connectivity index (χ1v) is 7.75. The largest absolute Gasteiger partial charge is 0.345 e. The van der Waals surface area contributed by atoms with Crippen LogP contribution in [0.3, 0.4) is 0 Å². The summed E-state index contributed by atoms with van der Waals surface area (Å²) in [6.07, 6.45) is 0. The third-order valence-corrected chi connectivity index (χ3v) is 4.32. The fourth-order valence-electron chi connectivity index (χ4n) is 2.87. The SMILES string of the molecule is Cc1ccc(C(=O)N[C@@H](C)c2cc(C)c(C)cc2C)c(C)c1. The van der Waals surface area contributed by atoms with Crippen molar-refractivity contribution in [1.82, 2.24) is 5.32 Å². The smallest absolute Gasteiger partial charge is 0.252 e. The van der Waals surface area contributed by atoms with Crippen LogP contribution in [0.15, 0.2) is 30.3 Å². The van der Waals surface area contributed by atoms with Gasteiger partial charge in [0, 0.05) is 5.56 Å². The lowest BCUT2D eigenvalue weighted by Gasteiger charge is -2.19. The first-order chi connectivity index (χ1) is 10.3. The van der Waals surface area contributed by atoms with E-state index >= 15 is 0 Å². The van der Waals surface area contributed by atoms with Gasteiger partial charge in [0.2, 0.25) is 0 Å². The molecule has 0 saturated carbocycles. The molecule has 0 aliphatic rings. The molecule has 1 amide bonds. The molecule has 2 nitrogen and oxygen atoms in total. The van der Waals surface area contributed by atoms with Crippen molar-refractivity contribution in [3.8, 4) is 0 Å². The van der Waals surface area contributed by atoms with Gasteiger partial charge < -0.3 is 5.32 Å². The molecule has 0 unspecified atom stereocenters. The van der Waals surface area contributed by atoms with E-state index in [0.29, 0.717) is 0 Å². The quantitative estimate of drug-likeness (QED) is 0.872. The lowest BCUT2D eigenvalue weighted by Crippen LogP contribution is -2.27. The van der Waals surface area contributed by atoms with E-state index in [1.54, 1.807) is 0 Å². The van der Waals surface area contributed by atoms with Crippen LogP contribution in [0.5, 0.6) is 0 Å². The maximum atomic E-state index is 12.5. The van der Waals surface area contributed by atoms with Crippen molar-refractivity contribution in [3.05, 3.63) is 69.3 Å². The summed E-state index contributed by atoms with van der Waals surface area (Å²) in [7, 11) is 0. The molecular formula is C20H25NO. The number of hydrogen-bond donors (Lipinski definition) is 1. The molecular weight excluding hydrogens is 270 g/mol. The van der Waals surface area contributed by atoms with Crippen molar-refractivity contribution in [1.29, 1.82) is 0 Å². The van der Waals surface area contributed by atoms with E-state index in [4.69, 9.17) is 0 Å². The van der Waals surface area contributed by atoms with Crippen molar-refractivity contribution in [3.63, 3.8) is 0 Å². The summed E-state index contributed by atoms with van der Waals surface area (Å²) in [6.45, 7) is 12.4. The van der Waals surface area contributed by atoms with Gasteiger partial charge in [0.1, 0.15) is 0 Å². The summed E-state index contributed by atoms with van der Waals surface area (Å²) in [6, 6.07) is 10.3. The number of nitrogens with one attached hydrogen (secondary N) is 1. The Morgan fingerprint density at radius 2 is 1.50 bits per heavy atom. The summed E-state index contributed by atoms with van der Waals surface area (Å²) in [5, 5.41) is 3.12. The average Bonchev–Trinajstić information content (AvgIpc) is 2.42. The van der Waals surface area contributed by atoms with E-state index in [1.807, 2.05) is 39.0 Å². The van der Waals surface area contributed by atoms with Gasteiger partial charge in [0.15, 0.2) is 0 Å². The Labute approximate surface area is 133 Å². The Balaban J connectivity index is 2.23. The standard InChI is InChI=1S/C20H25NO/c1-12-7-8-18(15(4)9-12)20(22)21-17(6)19-11-14(3)13(2)10-16(19)5/h7-11,17H,1-6H3,(H,21,22)/t17-/m0/s1. The molecule has 1 atom stereocenters. The van der Waals surface area contributed by atoms with E-state index in [1.165, 1.54) is 27.8 Å². The Morgan fingerprint density at radius 3 is 2.14 bits per heavy atom. The van der Waals surface area contributed by atoms with Gasteiger partial charge in [-0.25, -0.2) is 0 Å². The molecule has 22 heavy (non-hydrogen) atoms. The molecule has 2 rings (SSSR count). The summed E-state index contributed by atoms with van der Waals surface area (Å²) < 4.78 is 0. The second kappa shape index (κ2) is 6.35. The zero-order valence-corrected chi connectivity index (χ0v) is 14.4. The van der Waals surface area contributed by atoms with Crippen LogP contribution >= 0.6 is 0 Å². The number of amides is 1. The van der Waals surface area contributed by atoms with Gasteiger partial charge in [-0.1, -0.05) is 29.8 Å². The maximum absolute atomic E-state index is 12.5. The predicted molar refractivity (Wildman–Crippen MR) is 92.5 cm³/mol. The molecule has 0 spiro atoms. The Morgan fingerprint density at radius 1 is 0.864 bits per heavy atom. The van der Waals surface area contributed by atoms with Crippen LogP contribution in [-0.4, -0.2) is 5.91 Å². The molecule has 0 fully saturated rings. The van der Waals surface area contributed by atoms with Crippen LogP contribution in [0.2, 0.25) is 0 Å². The number of aryl methyl sites for hydroxylation is 5. The number of carbonyl (C=O) groups is 1. The highest BCUT2D eigenvalue weighted by Gasteiger charge is 2.15. The fraction of sp³-hybridized carbons (Fsp3) is 0.350. The predicted octanol–water partition coefficient (Wildman–Crippen LogP) is 4.72. The van der Waals surface area contributed by atoms with E-state index in [2.05, 4.69) is 38.2 Å². The minimum Gasteiger partial charge on any atom is -0.345 e. The van der Waals surface area contributed by atoms with Gasteiger partial charge in [0.25, 0.3) is 5.91 Å². The van der Waals surface area contributed by atoms with Crippen LogP contribution in [0, 0.1) is 34.6 Å². The van der Waals surface area contributed by atoms with E-state index in [-0.39, 0.29) is 11.9 Å². The normalized spacial score (nSPS) is 12.1. The van der Waals surface area contributed by atoms with Gasteiger partial charge >= 0.3 is 0 Å². The van der Waals surface area contributed by atoms with Crippen LogP contribution in [0.4, 0.5) is 0 Å². The molecule has 2 aromatic carbocycles. The molecule has 0 aromatic heterocycles. The minimum atomic E-state index is -0.0115. The van der Waals surface area contributed by atoms with Gasteiger partial charge in [-0.2, -0.15) is 0 Å². The Bertz CT molecular complexity index is 716. The molecule has 0 aliphatic carbocycles. The van der Waals surface area contributed by atoms with Crippen molar-refractivity contribution in [2.24, 2.45) is 0 Å². The van der Waals surface area contributed by atoms with E-state index < -0.39 is 0 Å². The average molecular weight is 295 g/mol. The number of carbonyl (C=O) groups excluding carboxylic acids is 1. The molecule has 116 valence electrons. The Kier molecular flexibility index (Phi) is 4.70. The minimum absolute atomic E-state index is 0.00694. The van der Waals surface area contributed by atoms with Gasteiger partial charge in [-0.15, -0.1) is 0 Å². The molecule has 1 N–H and O–H groups in total. The highest BCUT2D eigenvalue weighted by Crippen LogP contribution is 2.22. The van der Waals surface area contributed by atoms with E-state index in [9.17, 15) is 4.79 Å². The van der Waals surface area contributed by atoms with Crippen LogP contribution < -0.4 is 5.32 Å². The monoisotopic (exact) mass is 295 g/mol. The number of hydrogen-bond acceptors (Lipinski definition) is 1. The van der Waals surface area contributed by atoms with Gasteiger partial charge in [0.05, 0.1) is 6.04 Å². The van der Waals surface area contributed by atoms with Gasteiger partial charge in [-0.3, -0.25) is 4.79 Å². The van der Waals surface area contributed by atoms with Crippen LogP contribution in [0.1, 0.15) is 56.7 Å². The summed E-state index contributed by atoms with van der Waals surface area (Å²) >= 11 is 0. The van der Waals surface area contributed by atoms with Crippen molar-refractivity contribution >= 4 is 5.91 Å². The maximum Gasteiger partial charge on any atom is 0.252 e. The molecule has 0 bridgehead atoms. The van der Waals surface area contributed by atoms with Crippen molar-refractivity contribution in [2.45, 2.75) is 47.6 Å². The topological polar surface area (TPSA) is 29.1 Å². The molecule has 2 aromatic rings. The lowest BCUT2D eigenvalue weighted by atomic mass is 9.96. The molecule has 0 radical (unpaired) electrons. The lowest BCUT2D eigenvalue weighted by molar-refractivity contribution is 0.0939. The van der Waals surface area contributed by atoms with Crippen LogP contribution in [-0.2, 0) is 0 Å². The fourth-order valence-corrected chi connectivity index (χ4v) is 2.87. The molecule has 0 saturated heterocycles.